The highest BCUT2D eigenvalue weighted by Gasteiger charge is 2.19. The number of fused-ring (bicyclic) bond motifs is 2. The van der Waals surface area contributed by atoms with Crippen molar-refractivity contribution in [3.05, 3.63) is 82.0 Å². The van der Waals surface area contributed by atoms with Gasteiger partial charge in [0.05, 0.1) is 22.4 Å². The number of amides is 1. The van der Waals surface area contributed by atoms with Crippen LogP contribution in [0.15, 0.2) is 71.5 Å². The Balaban J connectivity index is 1.50. The maximum absolute atomic E-state index is 13.3. The molecule has 0 radical (unpaired) electrons. The van der Waals surface area contributed by atoms with Gasteiger partial charge in [-0.05, 0) is 49.5 Å². The monoisotopic (exact) mass is 460 g/mol. The molecule has 6 nitrogen and oxygen atoms in total. The van der Waals surface area contributed by atoms with Gasteiger partial charge >= 0.3 is 0 Å². The summed E-state index contributed by atoms with van der Waals surface area (Å²) in [5.74, 6) is -0.174. The maximum Gasteiger partial charge on any atom is 0.244 e. The third-order valence-corrected chi connectivity index (χ3v) is 6.49. The predicted octanol–water partition coefficient (Wildman–Crippen LogP) is 4.20. The topological polar surface area (TPSA) is 57.6 Å². The number of pyridine rings is 1. The molecule has 3 aromatic carbocycles. The van der Waals surface area contributed by atoms with Gasteiger partial charge in [-0.1, -0.05) is 35.9 Å². The number of hydrogen-bond donors (Lipinski definition) is 1. The van der Waals surface area contributed by atoms with Crippen molar-refractivity contribution in [1.29, 1.82) is 0 Å². The summed E-state index contributed by atoms with van der Waals surface area (Å²) in [7, 11) is 2.11. The van der Waals surface area contributed by atoms with Crippen molar-refractivity contribution in [2.75, 3.05) is 43.4 Å². The van der Waals surface area contributed by atoms with Gasteiger partial charge in [0.1, 0.15) is 6.54 Å². The molecule has 4 aromatic rings. The molecule has 1 aliphatic rings. The zero-order valence-corrected chi connectivity index (χ0v) is 19.2. The number of hydrogen-bond acceptors (Lipinski definition) is 4. The van der Waals surface area contributed by atoms with Crippen molar-refractivity contribution in [3.63, 3.8) is 0 Å². The van der Waals surface area contributed by atoms with E-state index < -0.39 is 0 Å². The minimum Gasteiger partial charge on any atom is -0.367 e. The first-order chi connectivity index (χ1) is 16.0. The van der Waals surface area contributed by atoms with E-state index in [1.807, 2.05) is 53.1 Å². The molecule has 1 amide bonds. The van der Waals surface area contributed by atoms with Crippen molar-refractivity contribution in [3.8, 4) is 0 Å². The fourth-order valence-corrected chi connectivity index (χ4v) is 4.68. The molecule has 0 saturated carbocycles. The highest BCUT2D eigenvalue weighted by atomic mass is 35.5. The van der Waals surface area contributed by atoms with Crippen LogP contribution in [0.2, 0.25) is 5.02 Å². The summed E-state index contributed by atoms with van der Waals surface area (Å²) < 4.78 is 1.90. The minimum absolute atomic E-state index is 0.0231. The van der Waals surface area contributed by atoms with Gasteiger partial charge in [0.2, 0.25) is 5.91 Å². The Kier molecular flexibility index (Phi) is 5.79. The molecule has 5 rings (SSSR count). The molecular formula is C26H25ClN4O2. The molecule has 1 saturated heterocycles. The number of carbonyl (C=O) groups excluding carboxylic acids is 1. The zero-order chi connectivity index (χ0) is 22.9. The Morgan fingerprint density at radius 2 is 1.52 bits per heavy atom. The predicted molar refractivity (Wildman–Crippen MR) is 136 cm³/mol. The van der Waals surface area contributed by atoms with E-state index in [9.17, 15) is 9.59 Å². The summed E-state index contributed by atoms with van der Waals surface area (Å²) >= 11 is 6.28. The summed E-state index contributed by atoms with van der Waals surface area (Å²) in [6.07, 6.45) is 0. The first-order valence-electron chi connectivity index (χ1n) is 11.0. The molecule has 1 N–H and O–H groups in total. The lowest BCUT2D eigenvalue weighted by atomic mass is 10.1. The number of carbonyl (C=O) groups is 1. The van der Waals surface area contributed by atoms with E-state index in [1.165, 1.54) is 0 Å². The van der Waals surface area contributed by atoms with Gasteiger partial charge in [-0.25, -0.2) is 0 Å². The lowest BCUT2D eigenvalue weighted by molar-refractivity contribution is -0.116. The van der Waals surface area contributed by atoms with Crippen molar-refractivity contribution in [2.24, 2.45) is 0 Å². The van der Waals surface area contributed by atoms with Gasteiger partial charge in [0, 0.05) is 42.0 Å². The minimum atomic E-state index is -0.174. The highest BCUT2D eigenvalue weighted by Crippen LogP contribution is 2.30. The first-order valence-corrected chi connectivity index (χ1v) is 11.4. The maximum atomic E-state index is 13.3. The van der Waals surface area contributed by atoms with Gasteiger partial charge in [0.25, 0.3) is 0 Å². The molecule has 1 aromatic heterocycles. The van der Waals surface area contributed by atoms with Crippen molar-refractivity contribution in [2.45, 2.75) is 6.54 Å². The number of para-hydroxylation sites is 2. The Bertz CT molecular complexity index is 1350. The molecule has 168 valence electrons. The smallest absolute Gasteiger partial charge is 0.244 e. The van der Waals surface area contributed by atoms with Crippen LogP contribution < -0.4 is 15.6 Å². The van der Waals surface area contributed by atoms with Crippen LogP contribution in [-0.2, 0) is 11.3 Å². The summed E-state index contributed by atoms with van der Waals surface area (Å²) in [6.45, 7) is 3.78. The summed E-state index contributed by atoms with van der Waals surface area (Å²) in [6, 6.07) is 20.4. The number of aromatic nitrogens is 1. The highest BCUT2D eigenvalue weighted by molar-refractivity contribution is 6.31. The molecule has 0 spiro atoms. The van der Waals surface area contributed by atoms with Crippen LogP contribution in [0.5, 0.6) is 0 Å². The van der Waals surface area contributed by atoms with Crippen molar-refractivity contribution in [1.82, 2.24) is 9.47 Å². The number of nitrogens with zero attached hydrogens (tertiary/aromatic N) is 3. The fraction of sp³-hybridized carbons (Fsp3) is 0.231. The molecule has 1 aliphatic heterocycles. The van der Waals surface area contributed by atoms with Crippen LogP contribution in [0.4, 0.5) is 11.4 Å². The fourth-order valence-electron chi connectivity index (χ4n) is 4.51. The molecule has 0 bridgehead atoms. The molecule has 2 heterocycles. The Morgan fingerprint density at radius 1 is 0.909 bits per heavy atom. The lowest BCUT2D eigenvalue weighted by Crippen LogP contribution is -2.44. The number of likely N-dealkylation sites (N-methyl/N-ethyl adjacent to an activating group) is 1. The summed E-state index contributed by atoms with van der Waals surface area (Å²) in [5, 5.41) is 4.85. The summed E-state index contributed by atoms with van der Waals surface area (Å²) in [4.78, 5) is 30.8. The van der Waals surface area contributed by atoms with Gasteiger partial charge in [-0.15, -0.1) is 0 Å². The Morgan fingerprint density at radius 3 is 2.15 bits per heavy atom. The average molecular weight is 461 g/mol. The molecule has 1 fully saturated rings. The van der Waals surface area contributed by atoms with Crippen LogP contribution in [-0.4, -0.2) is 48.6 Å². The second-order valence-corrected chi connectivity index (χ2v) is 8.89. The van der Waals surface area contributed by atoms with Gasteiger partial charge in [0.15, 0.2) is 5.43 Å². The van der Waals surface area contributed by atoms with Gasteiger partial charge in [-0.2, -0.15) is 0 Å². The van der Waals surface area contributed by atoms with Crippen LogP contribution in [0, 0.1) is 0 Å². The number of nitrogens with one attached hydrogen (secondary N) is 1. The van der Waals surface area contributed by atoms with Gasteiger partial charge in [-0.3, -0.25) is 9.59 Å². The SMILES string of the molecule is CN1CCN(c2ccc(Cl)cc2NC(=O)Cn2c3ccccc3c(=O)c3ccccc32)CC1. The lowest BCUT2D eigenvalue weighted by Gasteiger charge is -2.35. The number of benzene rings is 3. The number of rotatable bonds is 4. The zero-order valence-electron chi connectivity index (χ0n) is 18.4. The third-order valence-electron chi connectivity index (χ3n) is 6.26. The van der Waals surface area contributed by atoms with E-state index in [4.69, 9.17) is 11.6 Å². The van der Waals surface area contributed by atoms with Crippen LogP contribution in [0.1, 0.15) is 0 Å². The molecule has 7 heteroatoms. The second kappa shape index (κ2) is 8.89. The van der Waals surface area contributed by atoms with E-state index in [-0.39, 0.29) is 17.9 Å². The third kappa shape index (κ3) is 4.19. The van der Waals surface area contributed by atoms with Crippen LogP contribution in [0.3, 0.4) is 0 Å². The largest absolute Gasteiger partial charge is 0.367 e. The normalized spacial score (nSPS) is 14.7. The molecule has 0 atom stereocenters. The number of anilines is 2. The first kappa shape index (κ1) is 21.5. The number of halogens is 1. The molecule has 0 aliphatic carbocycles. The van der Waals surface area contributed by atoms with Crippen molar-refractivity contribution >= 4 is 50.7 Å². The van der Waals surface area contributed by atoms with E-state index in [0.29, 0.717) is 21.5 Å². The second-order valence-electron chi connectivity index (χ2n) is 8.45. The van der Waals surface area contributed by atoms with Crippen LogP contribution >= 0.6 is 11.6 Å². The Labute approximate surface area is 197 Å². The standard InChI is InChI=1S/C26H25ClN4O2/c1-29-12-14-30(15-13-29)24-11-10-18(27)16-21(24)28-25(32)17-31-22-8-4-2-6-19(22)26(33)20-7-3-5-9-23(20)31/h2-11,16H,12-15,17H2,1H3,(H,28,32). The van der Waals surface area contributed by atoms with Crippen LogP contribution in [0.25, 0.3) is 21.8 Å². The number of piperazine rings is 1. The Hall–Kier alpha value is -3.35. The molecular weight excluding hydrogens is 436 g/mol. The van der Waals surface area contributed by atoms with Crippen molar-refractivity contribution < 1.29 is 4.79 Å². The van der Waals surface area contributed by atoms with E-state index in [2.05, 4.69) is 22.2 Å². The van der Waals surface area contributed by atoms with E-state index in [1.54, 1.807) is 18.2 Å². The van der Waals surface area contributed by atoms with E-state index >= 15 is 0 Å². The summed E-state index contributed by atoms with van der Waals surface area (Å²) in [5.41, 5.74) is 3.12. The quantitative estimate of drug-likeness (QED) is 0.464. The average Bonchev–Trinajstić information content (AvgIpc) is 2.83. The van der Waals surface area contributed by atoms with E-state index in [0.717, 1.165) is 42.9 Å². The van der Waals surface area contributed by atoms with Gasteiger partial charge < -0.3 is 19.7 Å². The molecule has 0 unspecified atom stereocenters. The molecule has 33 heavy (non-hydrogen) atoms.